The van der Waals surface area contributed by atoms with Gasteiger partial charge in [0.15, 0.2) is 5.75 Å². The molecule has 0 aromatic heterocycles. The van der Waals surface area contributed by atoms with Gasteiger partial charge in [0.2, 0.25) is 0 Å². The summed E-state index contributed by atoms with van der Waals surface area (Å²) < 4.78 is 41.3. The second-order valence-electron chi connectivity index (χ2n) is 2.80. The third kappa shape index (κ3) is 3.49. The Hall–Kier alpha value is -1.49. The maximum atomic E-state index is 12.3. The standard InChI is InChI=1S/C7H6BF3O6/c9-7(10,11)4-1-2-5(12)6(3-4)15-8(16-13)17-14/h1-3,12-14H. The lowest BCUT2D eigenvalue weighted by molar-refractivity contribution is -0.242. The van der Waals surface area contributed by atoms with Crippen LogP contribution >= 0.6 is 0 Å². The Balaban J connectivity index is 2.98. The van der Waals surface area contributed by atoms with Crippen molar-refractivity contribution in [1.29, 1.82) is 0 Å². The highest BCUT2D eigenvalue weighted by Gasteiger charge is 2.33. The van der Waals surface area contributed by atoms with E-state index in [-0.39, 0.29) is 0 Å². The van der Waals surface area contributed by atoms with Crippen LogP contribution < -0.4 is 4.65 Å². The van der Waals surface area contributed by atoms with E-state index in [9.17, 15) is 18.3 Å². The molecule has 0 saturated carbocycles. The van der Waals surface area contributed by atoms with Gasteiger partial charge >= 0.3 is 13.5 Å². The van der Waals surface area contributed by atoms with Gasteiger partial charge in [-0.25, -0.2) is 9.61 Å². The third-order valence-electron chi connectivity index (χ3n) is 1.68. The molecule has 0 fully saturated rings. The molecule has 0 aliphatic heterocycles. The van der Waals surface area contributed by atoms with Crippen molar-refractivity contribution in [3.05, 3.63) is 23.8 Å². The maximum Gasteiger partial charge on any atom is 0.770 e. The zero-order valence-electron chi connectivity index (χ0n) is 8.01. The molecule has 1 rings (SSSR count). The SMILES string of the molecule is OOB(OO)Oc1cc(C(F)(F)F)ccc1O. The van der Waals surface area contributed by atoms with Crippen molar-refractivity contribution in [2.75, 3.05) is 0 Å². The van der Waals surface area contributed by atoms with Crippen LogP contribution in [0.15, 0.2) is 18.2 Å². The molecular weight excluding hydrogens is 248 g/mol. The lowest BCUT2D eigenvalue weighted by Gasteiger charge is -2.12. The first-order chi connectivity index (χ1) is 7.88. The molecule has 0 spiro atoms. The first-order valence-electron chi connectivity index (χ1n) is 4.05. The van der Waals surface area contributed by atoms with Gasteiger partial charge in [0.25, 0.3) is 0 Å². The number of phenols is 1. The summed E-state index contributed by atoms with van der Waals surface area (Å²) in [6.07, 6.45) is -4.64. The number of phenolic OH excluding ortho intramolecular Hbond substituents is 1. The second kappa shape index (κ2) is 5.23. The minimum atomic E-state index is -4.64. The molecule has 0 bridgehead atoms. The molecule has 0 aliphatic rings. The van der Waals surface area contributed by atoms with E-state index in [4.69, 9.17) is 10.5 Å². The molecule has 0 radical (unpaired) electrons. The Morgan fingerprint density at radius 3 is 2.18 bits per heavy atom. The number of aromatic hydroxyl groups is 1. The molecule has 0 atom stereocenters. The molecule has 0 amide bonds. The van der Waals surface area contributed by atoms with Gasteiger partial charge in [-0.2, -0.15) is 13.2 Å². The first kappa shape index (κ1) is 13.6. The van der Waals surface area contributed by atoms with Crippen molar-refractivity contribution in [1.82, 2.24) is 0 Å². The summed E-state index contributed by atoms with van der Waals surface area (Å²) in [6, 6.07) is 1.79. The number of benzene rings is 1. The molecule has 0 aliphatic carbocycles. The summed E-state index contributed by atoms with van der Waals surface area (Å²) in [7, 11) is -2.08. The lowest BCUT2D eigenvalue weighted by atomic mass is 10.1. The van der Waals surface area contributed by atoms with Crippen molar-refractivity contribution in [3.8, 4) is 11.5 Å². The lowest BCUT2D eigenvalue weighted by Crippen LogP contribution is -2.28. The molecule has 0 saturated heterocycles. The summed E-state index contributed by atoms with van der Waals surface area (Å²) in [5.74, 6) is -1.34. The van der Waals surface area contributed by atoms with Crippen LogP contribution in [0.25, 0.3) is 0 Å². The molecular formula is C7H6BF3O6. The van der Waals surface area contributed by atoms with Crippen LogP contribution in [0.4, 0.5) is 13.2 Å². The predicted octanol–water partition coefficient (Wildman–Crippen LogP) is 1.75. The van der Waals surface area contributed by atoms with Gasteiger partial charge in [-0.1, -0.05) is 0 Å². The summed E-state index contributed by atoms with van der Waals surface area (Å²) in [4.78, 5) is 6.79. The largest absolute Gasteiger partial charge is 0.770 e. The average Bonchev–Trinajstić information content (AvgIpc) is 2.26. The highest BCUT2D eigenvalue weighted by molar-refractivity contribution is 6.36. The maximum absolute atomic E-state index is 12.3. The molecule has 10 heteroatoms. The molecule has 6 nitrogen and oxygen atoms in total. The van der Waals surface area contributed by atoms with Crippen LogP contribution in [-0.4, -0.2) is 22.9 Å². The Bertz CT molecular complexity index is 380. The van der Waals surface area contributed by atoms with E-state index < -0.39 is 30.6 Å². The van der Waals surface area contributed by atoms with E-state index in [2.05, 4.69) is 14.3 Å². The van der Waals surface area contributed by atoms with Crippen LogP contribution in [0.2, 0.25) is 0 Å². The Kier molecular flexibility index (Phi) is 4.18. The molecule has 17 heavy (non-hydrogen) atoms. The number of rotatable bonds is 4. The summed E-state index contributed by atoms with van der Waals surface area (Å²) >= 11 is 0. The van der Waals surface area contributed by atoms with Crippen LogP contribution in [0, 0.1) is 0 Å². The summed E-state index contributed by atoms with van der Waals surface area (Å²) in [5.41, 5.74) is -1.10. The van der Waals surface area contributed by atoms with Gasteiger partial charge in [-0.3, -0.25) is 10.5 Å². The molecule has 1 aromatic carbocycles. The number of halogens is 3. The average molecular weight is 254 g/mol. The van der Waals surface area contributed by atoms with Crippen molar-refractivity contribution >= 4 is 7.32 Å². The van der Waals surface area contributed by atoms with Gasteiger partial charge in [-0.05, 0) is 18.2 Å². The van der Waals surface area contributed by atoms with Gasteiger partial charge < -0.3 is 9.76 Å². The monoisotopic (exact) mass is 254 g/mol. The van der Waals surface area contributed by atoms with E-state index in [0.29, 0.717) is 12.1 Å². The van der Waals surface area contributed by atoms with Crippen LogP contribution in [0.3, 0.4) is 0 Å². The quantitative estimate of drug-likeness (QED) is 0.431. The molecule has 0 heterocycles. The molecule has 3 N–H and O–H groups in total. The number of hydrogen-bond donors (Lipinski definition) is 3. The fourth-order valence-corrected chi connectivity index (χ4v) is 0.951. The van der Waals surface area contributed by atoms with E-state index in [1.807, 2.05) is 0 Å². The van der Waals surface area contributed by atoms with E-state index in [0.717, 1.165) is 6.07 Å². The van der Waals surface area contributed by atoms with Crippen molar-refractivity contribution < 1.29 is 43.1 Å². The Labute approximate surface area is 92.8 Å². The van der Waals surface area contributed by atoms with E-state index >= 15 is 0 Å². The fraction of sp³-hybridized carbons (Fsp3) is 0.143. The third-order valence-corrected chi connectivity index (χ3v) is 1.68. The highest BCUT2D eigenvalue weighted by Crippen LogP contribution is 2.35. The minimum absolute atomic E-state index is 0.445. The van der Waals surface area contributed by atoms with Crippen LogP contribution in [0.1, 0.15) is 5.56 Å². The van der Waals surface area contributed by atoms with E-state index in [1.54, 1.807) is 0 Å². The van der Waals surface area contributed by atoms with Gasteiger partial charge in [0.1, 0.15) is 5.75 Å². The summed E-state index contributed by atoms with van der Waals surface area (Å²) in [6.45, 7) is 0. The summed E-state index contributed by atoms with van der Waals surface area (Å²) in [5, 5.41) is 25.4. The Morgan fingerprint density at radius 1 is 1.12 bits per heavy atom. The zero-order valence-corrected chi connectivity index (χ0v) is 8.01. The van der Waals surface area contributed by atoms with Crippen molar-refractivity contribution in [2.45, 2.75) is 6.18 Å². The van der Waals surface area contributed by atoms with Gasteiger partial charge in [-0.15, -0.1) is 0 Å². The molecule has 0 unspecified atom stereocenters. The smallest absolute Gasteiger partial charge is 0.506 e. The van der Waals surface area contributed by atoms with Crippen molar-refractivity contribution in [2.24, 2.45) is 0 Å². The minimum Gasteiger partial charge on any atom is -0.506 e. The van der Waals surface area contributed by atoms with E-state index in [1.165, 1.54) is 0 Å². The first-order valence-corrected chi connectivity index (χ1v) is 4.05. The predicted molar refractivity (Wildman–Crippen MR) is 46.9 cm³/mol. The molecule has 1 aromatic rings. The van der Waals surface area contributed by atoms with Crippen molar-refractivity contribution in [3.63, 3.8) is 0 Å². The van der Waals surface area contributed by atoms with Crippen LogP contribution in [-0.2, 0) is 15.8 Å². The van der Waals surface area contributed by atoms with Crippen LogP contribution in [0.5, 0.6) is 11.5 Å². The second-order valence-corrected chi connectivity index (χ2v) is 2.80. The van der Waals surface area contributed by atoms with Gasteiger partial charge in [0, 0.05) is 0 Å². The number of alkyl halides is 3. The fourth-order valence-electron chi connectivity index (χ4n) is 0.951. The highest BCUT2D eigenvalue weighted by atomic mass is 19.4. The molecule has 94 valence electrons. The Morgan fingerprint density at radius 2 is 1.71 bits per heavy atom. The zero-order chi connectivity index (χ0) is 13.1. The normalized spacial score (nSPS) is 11.4. The van der Waals surface area contributed by atoms with Gasteiger partial charge in [0.05, 0.1) is 5.56 Å². The number of hydrogen-bond acceptors (Lipinski definition) is 6. The topological polar surface area (TPSA) is 88.4 Å².